The average molecular weight is 952 g/mol. The van der Waals surface area contributed by atoms with Crippen molar-refractivity contribution in [1.29, 1.82) is 0 Å². The van der Waals surface area contributed by atoms with Crippen molar-refractivity contribution in [1.82, 2.24) is 0 Å². The van der Waals surface area contributed by atoms with Crippen LogP contribution in [0, 0.1) is 11.8 Å². The van der Waals surface area contributed by atoms with Gasteiger partial charge in [-0.05, 0) is 123 Å². The minimum Gasteiger partial charge on any atom is -0.414 e. The van der Waals surface area contributed by atoms with Gasteiger partial charge in [0.2, 0.25) is 0 Å². The summed E-state index contributed by atoms with van der Waals surface area (Å²) in [5.74, 6) is -0.337. The number of hydrogen-bond donors (Lipinski definition) is 0. The second kappa shape index (κ2) is 23.4. The average Bonchev–Trinajstić information content (AvgIpc) is 3.72. The molecule has 10 nitrogen and oxygen atoms in total. The van der Waals surface area contributed by atoms with Crippen LogP contribution in [0.2, 0.25) is 36.3 Å². The Hall–Kier alpha value is -1.24. The van der Waals surface area contributed by atoms with Crippen molar-refractivity contribution in [3.05, 3.63) is 54.1 Å². The first-order valence-electron chi connectivity index (χ1n) is 24.5. The maximum atomic E-state index is 14.4. The summed E-state index contributed by atoms with van der Waals surface area (Å²) in [6.07, 6.45) is 4.76. The molecule has 368 valence electrons. The molecular formula is C51H90O10SSi2. The van der Waals surface area contributed by atoms with Crippen LogP contribution in [0.1, 0.15) is 126 Å². The molecule has 0 aromatic heterocycles. The van der Waals surface area contributed by atoms with Crippen LogP contribution in [-0.2, 0) is 53.5 Å². The van der Waals surface area contributed by atoms with Crippen LogP contribution < -0.4 is 0 Å². The van der Waals surface area contributed by atoms with Crippen molar-refractivity contribution in [2.24, 2.45) is 11.8 Å². The second-order valence-electron chi connectivity index (χ2n) is 22.0. The lowest BCUT2D eigenvalue weighted by Crippen LogP contribution is -2.49. The molecule has 64 heavy (non-hydrogen) atoms. The van der Waals surface area contributed by atoms with Crippen LogP contribution in [0.3, 0.4) is 0 Å². The Labute approximate surface area is 392 Å². The number of methoxy groups -OCH3 is 1. The molecule has 0 N–H and O–H groups in total. The number of benzene rings is 1. The molecule has 13 heteroatoms. The van der Waals surface area contributed by atoms with Gasteiger partial charge >= 0.3 is 0 Å². The smallest absolute Gasteiger partial charge is 0.192 e. The Morgan fingerprint density at radius 1 is 0.812 bits per heavy atom. The van der Waals surface area contributed by atoms with Gasteiger partial charge in [0.25, 0.3) is 0 Å². The third-order valence-corrected chi connectivity index (χ3v) is 26.0. The molecule has 10 atom stereocenters. The molecule has 0 radical (unpaired) electrons. The Kier molecular flexibility index (Phi) is 20.2. The van der Waals surface area contributed by atoms with E-state index in [9.17, 15) is 8.42 Å². The first kappa shape index (κ1) is 55.4. The lowest BCUT2D eigenvalue weighted by atomic mass is 9.83. The SMILES string of the molecule is C=C1C[C@H](CCC(OCC)OCC)O[C@H]1CC[C@H]1C[C@H](C)C(=C)[C@@H](C[C@@H]2O[C@H](C[C@@H](CO[Si](C)(C)C(C)(C)C)O[Si](C)(C)C(C)(C)C)[C@H](OC)[C@H]2CS(=O)(=O)c2ccc(CC)cc2)O1. The van der Waals surface area contributed by atoms with E-state index in [1.54, 1.807) is 19.2 Å². The predicted molar refractivity (Wildman–Crippen MR) is 265 cm³/mol. The Morgan fingerprint density at radius 2 is 1.42 bits per heavy atom. The van der Waals surface area contributed by atoms with E-state index in [-0.39, 0.29) is 58.6 Å². The van der Waals surface area contributed by atoms with Crippen LogP contribution in [0.5, 0.6) is 0 Å². The van der Waals surface area contributed by atoms with E-state index in [1.165, 1.54) is 0 Å². The van der Waals surface area contributed by atoms with E-state index in [4.69, 9.17) is 37.3 Å². The summed E-state index contributed by atoms with van der Waals surface area (Å²) in [7, 11) is -6.41. The minimum atomic E-state index is -3.71. The third-order valence-electron chi connectivity index (χ3n) is 15.1. The van der Waals surface area contributed by atoms with Crippen molar-refractivity contribution in [2.45, 2.75) is 223 Å². The summed E-state index contributed by atoms with van der Waals surface area (Å²) >= 11 is 0. The summed E-state index contributed by atoms with van der Waals surface area (Å²) in [6.45, 7) is 41.5. The minimum absolute atomic E-state index is 0.00854. The van der Waals surface area contributed by atoms with E-state index in [2.05, 4.69) is 94.7 Å². The zero-order valence-electron chi connectivity index (χ0n) is 42.8. The van der Waals surface area contributed by atoms with E-state index in [0.29, 0.717) is 37.6 Å². The standard InChI is InChI=1S/C51H90O10SSi2/c1-18-38-21-25-42(26-22-38)62(52,53)34-43-46(60-47(49(43)54-13)31-41(61-64(16,17)51(10,11)12)33-57-63(14,15)50(7,8)9)32-45-37(6)35(4)29-39(59-45)23-27-44-36(5)30-40(58-44)24-28-48(55-19-2)56-20-3/h21-22,25-26,35,39-41,43-49H,5-6,18-20,23-24,27-34H2,1-4,7-17H3/t35-,39-,40-,41-,43-,44-,45+,46-,47+,49+/m0/s1. The molecule has 3 saturated heterocycles. The summed E-state index contributed by atoms with van der Waals surface area (Å²) in [6, 6.07) is 7.29. The van der Waals surface area contributed by atoms with Crippen LogP contribution in [0.4, 0.5) is 0 Å². The van der Waals surface area contributed by atoms with Crippen LogP contribution in [-0.4, -0.2) is 113 Å². The highest BCUT2D eigenvalue weighted by Gasteiger charge is 2.50. The Morgan fingerprint density at radius 3 is 1.98 bits per heavy atom. The van der Waals surface area contributed by atoms with Crippen molar-refractivity contribution >= 4 is 26.5 Å². The number of hydrogen-bond acceptors (Lipinski definition) is 10. The first-order chi connectivity index (χ1) is 29.7. The lowest BCUT2D eigenvalue weighted by Gasteiger charge is -2.42. The van der Waals surface area contributed by atoms with E-state index < -0.39 is 50.7 Å². The molecule has 0 unspecified atom stereocenters. The molecule has 3 aliphatic rings. The van der Waals surface area contributed by atoms with Gasteiger partial charge in [0.15, 0.2) is 32.8 Å². The molecule has 3 heterocycles. The summed E-state index contributed by atoms with van der Waals surface area (Å²) < 4.78 is 81.2. The summed E-state index contributed by atoms with van der Waals surface area (Å²) in [5, 5.41) is 0.0104. The largest absolute Gasteiger partial charge is 0.414 e. The monoisotopic (exact) mass is 951 g/mol. The Bertz CT molecular complexity index is 1730. The quantitative estimate of drug-likeness (QED) is 0.0565. The van der Waals surface area contributed by atoms with Gasteiger partial charge in [0, 0.05) is 45.5 Å². The molecule has 0 spiro atoms. The molecule has 0 amide bonds. The van der Waals surface area contributed by atoms with E-state index >= 15 is 0 Å². The normalized spacial score (nSPS) is 28.1. The van der Waals surface area contributed by atoms with Crippen molar-refractivity contribution in [3.8, 4) is 0 Å². The van der Waals surface area contributed by atoms with Crippen LogP contribution >= 0.6 is 0 Å². The van der Waals surface area contributed by atoms with Gasteiger partial charge in [0.05, 0.1) is 66.1 Å². The molecule has 1 aromatic carbocycles. The molecule has 0 aliphatic carbocycles. The van der Waals surface area contributed by atoms with Gasteiger partial charge in [0.1, 0.15) is 0 Å². The van der Waals surface area contributed by atoms with Crippen molar-refractivity contribution in [2.75, 3.05) is 32.7 Å². The molecule has 1 aromatic rings. The lowest BCUT2D eigenvalue weighted by molar-refractivity contribution is -0.144. The summed E-state index contributed by atoms with van der Waals surface area (Å²) in [4.78, 5) is 0.317. The molecular weight excluding hydrogens is 861 g/mol. The highest BCUT2D eigenvalue weighted by atomic mass is 32.2. The highest BCUT2D eigenvalue weighted by Crippen LogP contribution is 2.44. The number of sulfone groups is 1. The number of rotatable bonds is 24. The third kappa shape index (κ3) is 14.9. The van der Waals surface area contributed by atoms with Crippen molar-refractivity contribution < 1.29 is 45.7 Å². The molecule has 3 fully saturated rings. The molecule has 4 rings (SSSR count). The van der Waals surface area contributed by atoms with Crippen LogP contribution in [0.25, 0.3) is 0 Å². The fraction of sp³-hybridized carbons (Fsp3) is 0.804. The zero-order valence-corrected chi connectivity index (χ0v) is 45.6. The highest BCUT2D eigenvalue weighted by molar-refractivity contribution is 7.91. The summed E-state index contributed by atoms with van der Waals surface area (Å²) in [5.41, 5.74) is 3.25. The first-order valence-corrected chi connectivity index (χ1v) is 31.9. The van der Waals surface area contributed by atoms with E-state index in [1.807, 2.05) is 26.0 Å². The maximum Gasteiger partial charge on any atom is 0.192 e. The van der Waals surface area contributed by atoms with Gasteiger partial charge in [-0.3, -0.25) is 0 Å². The second-order valence-corrected chi connectivity index (χ2v) is 33.6. The number of ether oxygens (including phenoxy) is 6. The van der Waals surface area contributed by atoms with Gasteiger partial charge in [-0.25, -0.2) is 8.42 Å². The zero-order chi connectivity index (χ0) is 47.8. The topological polar surface area (TPSA) is 108 Å². The fourth-order valence-corrected chi connectivity index (χ4v) is 13.0. The predicted octanol–water partition coefficient (Wildman–Crippen LogP) is 11.6. The molecule has 0 bridgehead atoms. The van der Waals surface area contributed by atoms with Gasteiger partial charge < -0.3 is 37.3 Å². The van der Waals surface area contributed by atoms with E-state index in [0.717, 1.165) is 61.7 Å². The van der Waals surface area contributed by atoms with Crippen LogP contribution in [0.15, 0.2) is 53.5 Å². The maximum absolute atomic E-state index is 14.4. The van der Waals surface area contributed by atoms with Gasteiger partial charge in [-0.1, -0.05) is 80.7 Å². The molecule has 0 saturated carbocycles. The van der Waals surface area contributed by atoms with Gasteiger partial charge in [-0.15, -0.1) is 0 Å². The van der Waals surface area contributed by atoms with Crippen molar-refractivity contribution in [3.63, 3.8) is 0 Å². The van der Waals surface area contributed by atoms with Gasteiger partial charge in [-0.2, -0.15) is 0 Å². The fourth-order valence-electron chi connectivity index (χ4n) is 8.97. The molecule has 3 aliphatic heterocycles. The Balaban J connectivity index is 1.57. The number of aryl methyl sites for hydroxylation is 1.